The number of hydrogen-bond acceptors (Lipinski definition) is 5. The van der Waals surface area contributed by atoms with Crippen LogP contribution in [0.1, 0.15) is 49.4 Å². The standard InChI is InChI=1S/C20H24N2O3S/c1-3-25-17(23)12-16-13-26-19(21-16)22-18(24)20(9-4-5-10-20)15-8-6-7-14(2)11-15/h6-8,11,13H,3-5,9-10,12H2,1-2H3,(H,21,22,24). The molecule has 1 N–H and O–H groups in total. The number of thiazole rings is 1. The zero-order valence-electron chi connectivity index (χ0n) is 15.2. The number of aryl methyl sites for hydroxylation is 1. The molecule has 0 radical (unpaired) electrons. The second kappa shape index (κ2) is 7.99. The first kappa shape index (κ1) is 18.6. The van der Waals surface area contributed by atoms with Crippen molar-refractivity contribution >= 4 is 28.3 Å². The molecule has 1 aromatic heterocycles. The van der Waals surface area contributed by atoms with Crippen LogP contribution in [0.4, 0.5) is 5.13 Å². The van der Waals surface area contributed by atoms with E-state index in [1.807, 2.05) is 25.1 Å². The average Bonchev–Trinajstić information content (AvgIpc) is 3.25. The molecule has 6 heteroatoms. The molecule has 1 saturated carbocycles. The molecular formula is C20H24N2O3S. The fourth-order valence-electron chi connectivity index (χ4n) is 3.59. The van der Waals surface area contributed by atoms with Crippen molar-refractivity contribution in [1.29, 1.82) is 0 Å². The van der Waals surface area contributed by atoms with Gasteiger partial charge in [0, 0.05) is 5.38 Å². The molecule has 1 aromatic carbocycles. The lowest BCUT2D eigenvalue weighted by molar-refractivity contribution is -0.142. The fourth-order valence-corrected chi connectivity index (χ4v) is 4.30. The normalized spacial score (nSPS) is 15.6. The Balaban J connectivity index is 1.75. The van der Waals surface area contributed by atoms with Gasteiger partial charge in [0.15, 0.2) is 5.13 Å². The second-order valence-electron chi connectivity index (χ2n) is 6.74. The number of ether oxygens (including phenoxy) is 1. The number of rotatable bonds is 6. The molecule has 1 aliphatic rings. The van der Waals surface area contributed by atoms with Gasteiger partial charge in [-0.1, -0.05) is 42.7 Å². The summed E-state index contributed by atoms with van der Waals surface area (Å²) in [7, 11) is 0. The molecule has 0 saturated heterocycles. The summed E-state index contributed by atoms with van der Waals surface area (Å²) in [5, 5.41) is 5.31. The Kier molecular flexibility index (Phi) is 5.71. The SMILES string of the molecule is CCOC(=O)Cc1csc(NC(=O)C2(c3cccc(C)c3)CCCC2)n1. The summed E-state index contributed by atoms with van der Waals surface area (Å²) in [6.07, 6.45) is 3.93. The summed E-state index contributed by atoms with van der Waals surface area (Å²) in [6, 6.07) is 8.22. The minimum Gasteiger partial charge on any atom is -0.466 e. The van der Waals surface area contributed by atoms with Crippen molar-refractivity contribution in [1.82, 2.24) is 4.98 Å². The van der Waals surface area contributed by atoms with Crippen molar-refractivity contribution in [3.63, 3.8) is 0 Å². The van der Waals surface area contributed by atoms with E-state index in [0.717, 1.165) is 36.8 Å². The van der Waals surface area contributed by atoms with Crippen LogP contribution in [-0.2, 0) is 26.2 Å². The number of carbonyl (C=O) groups excluding carboxylic acids is 2. The van der Waals surface area contributed by atoms with Gasteiger partial charge in [-0.2, -0.15) is 0 Å². The monoisotopic (exact) mass is 372 g/mol. The highest BCUT2D eigenvalue weighted by Crippen LogP contribution is 2.42. The summed E-state index contributed by atoms with van der Waals surface area (Å²) >= 11 is 1.34. The molecule has 3 rings (SSSR count). The first-order valence-electron chi connectivity index (χ1n) is 9.02. The molecule has 0 atom stereocenters. The molecule has 0 aliphatic heterocycles. The predicted octanol–water partition coefficient (Wildman–Crippen LogP) is 4.01. The van der Waals surface area contributed by atoms with E-state index in [1.54, 1.807) is 12.3 Å². The van der Waals surface area contributed by atoms with Gasteiger partial charge in [0.05, 0.1) is 24.1 Å². The van der Waals surface area contributed by atoms with E-state index in [1.165, 1.54) is 11.3 Å². The molecule has 0 unspecified atom stereocenters. The summed E-state index contributed by atoms with van der Waals surface area (Å²) < 4.78 is 4.94. The van der Waals surface area contributed by atoms with E-state index < -0.39 is 5.41 Å². The Labute approximate surface area is 157 Å². The highest BCUT2D eigenvalue weighted by Gasteiger charge is 2.43. The highest BCUT2D eigenvalue weighted by molar-refractivity contribution is 7.14. The fraction of sp³-hybridized carbons (Fsp3) is 0.450. The minimum absolute atomic E-state index is 0.00219. The third-order valence-corrected chi connectivity index (χ3v) is 5.67. The Morgan fingerprint density at radius 1 is 1.31 bits per heavy atom. The number of aromatic nitrogens is 1. The summed E-state index contributed by atoms with van der Waals surface area (Å²) in [6.45, 7) is 4.18. The van der Waals surface area contributed by atoms with Crippen LogP contribution in [0, 0.1) is 6.92 Å². The molecule has 1 fully saturated rings. The lowest BCUT2D eigenvalue weighted by Crippen LogP contribution is -2.38. The van der Waals surface area contributed by atoms with Gasteiger partial charge in [0.25, 0.3) is 0 Å². The van der Waals surface area contributed by atoms with Crippen molar-refractivity contribution < 1.29 is 14.3 Å². The predicted molar refractivity (Wildman–Crippen MR) is 102 cm³/mol. The quantitative estimate of drug-likeness (QED) is 0.778. The van der Waals surface area contributed by atoms with Crippen LogP contribution >= 0.6 is 11.3 Å². The van der Waals surface area contributed by atoms with E-state index >= 15 is 0 Å². The van der Waals surface area contributed by atoms with Crippen LogP contribution < -0.4 is 5.32 Å². The number of nitrogens with one attached hydrogen (secondary N) is 1. The lowest BCUT2D eigenvalue weighted by atomic mass is 9.77. The van der Waals surface area contributed by atoms with E-state index in [2.05, 4.69) is 16.4 Å². The zero-order chi connectivity index (χ0) is 18.6. The molecule has 1 heterocycles. The van der Waals surface area contributed by atoms with Gasteiger partial charge in [0.2, 0.25) is 5.91 Å². The smallest absolute Gasteiger partial charge is 0.311 e. The zero-order valence-corrected chi connectivity index (χ0v) is 16.0. The summed E-state index contributed by atoms with van der Waals surface area (Å²) in [4.78, 5) is 29.1. The number of amides is 1. The van der Waals surface area contributed by atoms with Crippen LogP contribution in [0.15, 0.2) is 29.6 Å². The van der Waals surface area contributed by atoms with Gasteiger partial charge in [-0.05, 0) is 32.3 Å². The van der Waals surface area contributed by atoms with Crippen LogP contribution in [-0.4, -0.2) is 23.5 Å². The van der Waals surface area contributed by atoms with Gasteiger partial charge >= 0.3 is 5.97 Å². The average molecular weight is 372 g/mol. The first-order chi connectivity index (χ1) is 12.5. The third-order valence-electron chi connectivity index (χ3n) is 4.87. The van der Waals surface area contributed by atoms with Gasteiger partial charge in [0.1, 0.15) is 0 Å². The van der Waals surface area contributed by atoms with Crippen molar-refractivity contribution in [2.45, 2.75) is 51.4 Å². The van der Waals surface area contributed by atoms with Crippen molar-refractivity contribution in [3.8, 4) is 0 Å². The lowest BCUT2D eigenvalue weighted by Gasteiger charge is -2.28. The van der Waals surface area contributed by atoms with E-state index in [4.69, 9.17) is 4.74 Å². The number of benzene rings is 1. The number of anilines is 1. The van der Waals surface area contributed by atoms with Crippen LogP contribution in [0.2, 0.25) is 0 Å². The molecule has 1 amide bonds. The van der Waals surface area contributed by atoms with Crippen molar-refractivity contribution in [2.24, 2.45) is 0 Å². The minimum atomic E-state index is -0.487. The Morgan fingerprint density at radius 2 is 2.08 bits per heavy atom. The van der Waals surface area contributed by atoms with Crippen molar-refractivity contribution in [3.05, 3.63) is 46.5 Å². The van der Waals surface area contributed by atoms with E-state index in [-0.39, 0.29) is 18.3 Å². The van der Waals surface area contributed by atoms with Gasteiger partial charge in [-0.3, -0.25) is 9.59 Å². The van der Waals surface area contributed by atoms with E-state index in [9.17, 15) is 9.59 Å². The molecule has 5 nitrogen and oxygen atoms in total. The number of esters is 1. The highest BCUT2D eigenvalue weighted by atomic mass is 32.1. The maximum absolute atomic E-state index is 13.1. The topological polar surface area (TPSA) is 68.3 Å². The molecule has 138 valence electrons. The molecule has 2 aromatic rings. The third kappa shape index (κ3) is 3.96. The Morgan fingerprint density at radius 3 is 2.77 bits per heavy atom. The molecule has 0 spiro atoms. The largest absolute Gasteiger partial charge is 0.466 e. The molecular weight excluding hydrogens is 348 g/mol. The Hall–Kier alpha value is -2.21. The number of nitrogens with zero attached hydrogens (tertiary/aromatic N) is 1. The van der Waals surface area contributed by atoms with Crippen molar-refractivity contribution in [2.75, 3.05) is 11.9 Å². The first-order valence-corrected chi connectivity index (χ1v) is 9.90. The Bertz CT molecular complexity index is 794. The van der Waals surface area contributed by atoms with Crippen LogP contribution in [0.25, 0.3) is 0 Å². The molecule has 0 bridgehead atoms. The second-order valence-corrected chi connectivity index (χ2v) is 7.60. The molecule has 26 heavy (non-hydrogen) atoms. The number of hydrogen-bond donors (Lipinski definition) is 1. The van der Waals surface area contributed by atoms with Gasteiger partial charge in [-0.15, -0.1) is 11.3 Å². The van der Waals surface area contributed by atoms with Gasteiger partial charge < -0.3 is 10.1 Å². The maximum Gasteiger partial charge on any atom is 0.311 e. The van der Waals surface area contributed by atoms with Crippen LogP contribution in [0.5, 0.6) is 0 Å². The molecule has 1 aliphatic carbocycles. The summed E-state index contributed by atoms with van der Waals surface area (Å²) in [5.74, 6) is -0.305. The maximum atomic E-state index is 13.1. The van der Waals surface area contributed by atoms with Gasteiger partial charge in [-0.25, -0.2) is 4.98 Å². The number of carbonyl (C=O) groups is 2. The van der Waals surface area contributed by atoms with Crippen LogP contribution in [0.3, 0.4) is 0 Å². The van der Waals surface area contributed by atoms with E-state index in [0.29, 0.717) is 17.4 Å². The summed E-state index contributed by atoms with van der Waals surface area (Å²) in [5.41, 5.74) is 2.38.